The SMILES string of the molecule is CC(C)(N)CC(=O)N[C@@H]1CCc2c(ccc3ccccc23)N(Cc2ccc(-c3ccccc3CNC(=O)NCCO)cc2)C1=O. The van der Waals surface area contributed by atoms with Crippen LogP contribution in [-0.2, 0) is 29.1 Å². The number of carbonyl (C=O) groups is 3. The van der Waals surface area contributed by atoms with Gasteiger partial charge in [-0.05, 0) is 71.3 Å². The van der Waals surface area contributed by atoms with Crippen molar-refractivity contribution in [3.8, 4) is 11.1 Å². The molecule has 0 aliphatic carbocycles. The van der Waals surface area contributed by atoms with Crippen molar-refractivity contribution in [3.63, 3.8) is 0 Å². The predicted octanol–water partition coefficient (Wildman–Crippen LogP) is 4.39. The lowest BCUT2D eigenvalue weighted by molar-refractivity contribution is -0.128. The molecule has 5 rings (SSSR count). The minimum absolute atomic E-state index is 0.122. The maximum absolute atomic E-state index is 14.1. The number of benzene rings is 4. The summed E-state index contributed by atoms with van der Waals surface area (Å²) in [5, 5.41) is 19.6. The quantitative estimate of drug-likeness (QED) is 0.182. The van der Waals surface area contributed by atoms with Crippen molar-refractivity contribution >= 4 is 34.3 Å². The number of fused-ring (bicyclic) bond motifs is 3. The summed E-state index contributed by atoms with van der Waals surface area (Å²) in [4.78, 5) is 40.8. The third-order valence-corrected chi connectivity index (χ3v) is 7.96. The number of amides is 4. The fourth-order valence-electron chi connectivity index (χ4n) is 5.85. The first-order chi connectivity index (χ1) is 21.6. The molecular formula is C36H41N5O4. The lowest BCUT2D eigenvalue weighted by atomic mass is 9.97. The van der Waals surface area contributed by atoms with Crippen LogP contribution in [0.1, 0.15) is 43.4 Å². The number of hydrogen-bond donors (Lipinski definition) is 5. The standard InChI is InChI=1S/C36H41N5O4/c1-36(2,37)21-33(43)40-31-17-16-30-29-10-6-3-7-25(29)15-18-32(30)41(34(31)44)23-24-11-13-26(14-12-24)28-9-5-4-8-27(28)22-39-35(45)38-19-20-42/h3-15,18,31,42H,16-17,19-23,37H2,1-2H3,(H,40,43)(H2,38,39,45)/t31-/m1/s1. The van der Waals surface area contributed by atoms with Gasteiger partial charge >= 0.3 is 6.03 Å². The zero-order chi connectivity index (χ0) is 32.0. The molecule has 0 bridgehead atoms. The number of urea groups is 1. The first-order valence-corrected chi connectivity index (χ1v) is 15.3. The molecule has 0 saturated carbocycles. The molecule has 1 aliphatic heterocycles. The zero-order valence-electron chi connectivity index (χ0n) is 25.8. The van der Waals surface area contributed by atoms with Crippen LogP contribution in [0.25, 0.3) is 21.9 Å². The molecule has 0 radical (unpaired) electrons. The smallest absolute Gasteiger partial charge is 0.315 e. The van der Waals surface area contributed by atoms with Gasteiger partial charge in [0.25, 0.3) is 0 Å². The van der Waals surface area contributed by atoms with Crippen molar-refractivity contribution in [2.45, 2.75) is 57.8 Å². The second kappa shape index (κ2) is 13.9. The average Bonchev–Trinajstić information content (AvgIpc) is 3.15. The second-order valence-corrected chi connectivity index (χ2v) is 12.2. The van der Waals surface area contributed by atoms with Gasteiger partial charge < -0.3 is 31.7 Å². The van der Waals surface area contributed by atoms with Crippen molar-refractivity contribution in [3.05, 3.63) is 102 Å². The molecule has 4 amide bonds. The number of nitrogens with zero attached hydrogens (tertiary/aromatic N) is 1. The number of aliphatic hydroxyl groups excluding tert-OH is 1. The van der Waals surface area contributed by atoms with Crippen LogP contribution in [-0.4, -0.2) is 47.7 Å². The summed E-state index contributed by atoms with van der Waals surface area (Å²) in [5.74, 6) is -0.382. The van der Waals surface area contributed by atoms with Crippen LogP contribution in [0.5, 0.6) is 0 Å². The third-order valence-electron chi connectivity index (χ3n) is 7.96. The van der Waals surface area contributed by atoms with Crippen molar-refractivity contribution in [2.75, 3.05) is 18.1 Å². The van der Waals surface area contributed by atoms with E-state index in [-0.39, 0.29) is 37.4 Å². The summed E-state index contributed by atoms with van der Waals surface area (Å²) in [5.41, 5.74) is 11.2. The molecule has 234 valence electrons. The van der Waals surface area contributed by atoms with Gasteiger partial charge in [0.2, 0.25) is 11.8 Å². The van der Waals surface area contributed by atoms with E-state index >= 15 is 0 Å². The molecule has 0 unspecified atom stereocenters. The Hall–Kier alpha value is -4.73. The van der Waals surface area contributed by atoms with E-state index in [2.05, 4.69) is 28.1 Å². The zero-order valence-corrected chi connectivity index (χ0v) is 25.8. The molecule has 9 nitrogen and oxygen atoms in total. The first-order valence-electron chi connectivity index (χ1n) is 15.3. The molecule has 1 aliphatic rings. The molecule has 0 aromatic heterocycles. The Morgan fingerprint density at radius 2 is 1.69 bits per heavy atom. The summed E-state index contributed by atoms with van der Waals surface area (Å²) in [7, 11) is 0. The number of aryl methyl sites for hydroxylation is 1. The molecular weight excluding hydrogens is 566 g/mol. The molecule has 0 saturated heterocycles. The maximum Gasteiger partial charge on any atom is 0.315 e. The van der Waals surface area contributed by atoms with Crippen molar-refractivity contribution in [1.29, 1.82) is 0 Å². The Morgan fingerprint density at radius 1 is 0.956 bits per heavy atom. The van der Waals surface area contributed by atoms with Crippen molar-refractivity contribution in [2.24, 2.45) is 5.73 Å². The highest BCUT2D eigenvalue weighted by atomic mass is 16.3. The van der Waals surface area contributed by atoms with Crippen LogP contribution in [0.15, 0.2) is 84.9 Å². The third kappa shape index (κ3) is 7.87. The number of aliphatic hydroxyl groups is 1. The van der Waals surface area contributed by atoms with Crippen LogP contribution >= 0.6 is 0 Å². The largest absolute Gasteiger partial charge is 0.395 e. The Bertz CT molecular complexity index is 1680. The lowest BCUT2D eigenvalue weighted by Crippen LogP contribution is -2.49. The minimum Gasteiger partial charge on any atom is -0.395 e. The fourth-order valence-corrected chi connectivity index (χ4v) is 5.85. The highest BCUT2D eigenvalue weighted by Crippen LogP contribution is 2.35. The Balaban J connectivity index is 1.41. The van der Waals surface area contributed by atoms with Crippen molar-refractivity contribution < 1.29 is 19.5 Å². The summed E-state index contributed by atoms with van der Waals surface area (Å²) in [6, 6.07) is 27.1. The Kier molecular flexibility index (Phi) is 9.80. The Morgan fingerprint density at radius 3 is 2.44 bits per heavy atom. The Labute approximate surface area is 263 Å². The summed E-state index contributed by atoms with van der Waals surface area (Å²) >= 11 is 0. The monoisotopic (exact) mass is 607 g/mol. The number of carbonyl (C=O) groups excluding carboxylic acids is 3. The van der Waals surface area contributed by atoms with Gasteiger partial charge in [0.1, 0.15) is 6.04 Å². The average molecular weight is 608 g/mol. The normalized spacial score (nSPS) is 14.9. The molecule has 0 fully saturated rings. The van der Waals surface area contributed by atoms with Crippen LogP contribution < -0.4 is 26.6 Å². The summed E-state index contributed by atoms with van der Waals surface area (Å²) in [6.45, 7) is 4.33. The van der Waals surface area contributed by atoms with Gasteiger partial charge in [0.15, 0.2) is 0 Å². The number of hydrogen-bond acceptors (Lipinski definition) is 5. The van der Waals surface area contributed by atoms with Gasteiger partial charge in [-0.1, -0.05) is 78.9 Å². The number of nitrogens with one attached hydrogen (secondary N) is 3. The maximum atomic E-state index is 14.1. The number of anilines is 1. The van der Waals surface area contributed by atoms with Crippen molar-refractivity contribution in [1.82, 2.24) is 16.0 Å². The molecule has 6 N–H and O–H groups in total. The van der Waals surface area contributed by atoms with E-state index in [4.69, 9.17) is 10.8 Å². The van der Waals surface area contributed by atoms with Gasteiger partial charge in [0.05, 0.1) is 13.2 Å². The van der Waals surface area contributed by atoms with E-state index < -0.39 is 11.6 Å². The van der Waals surface area contributed by atoms with Gasteiger partial charge in [-0.15, -0.1) is 0 Å². The molecule has 45 heavy (non-hydrogen) atoms. The molecule has 0 spiro atoms. The summed E-state index contributed by atoms with van der Waals surface area (Å²) < 4.78 is 0. The lowest BCUT2D eigenvalue weighted by Gasteiger charge is -2.27. The molecule has 1 atom stereocenters. The van der Waals surface area contributed by atoms with Gasteiger partial charge in [-0.25, -0.2) is 4.79 Å². The van der Waals surface area contributed by atoms with Crippen LogP contribution in [0.2, 0.25) is 0 Å². The highest BCUT2D eigenvalue weighted by Gasteiger charge is 2.33. The molecule has 4 aromatic carbocycles. The first kappa shape index (κ1) is 31.7. The van der Waals surface area contributed by atoms with E-state index in [9.17, 15) is 14.4 Å². The predicted molar refractivity (Wildman–Crippen MR) is 177 cm³/mol. The number of rotatable bonds is 10. The van der Waals surface area contributed by atoms with Crippen LogP contribution in [0, 0.1) is 0 Å². The van der Waals surface area contributed by atoms with E-state index in [1.807, 2.05) is 72.8 Å². The van der Waals surface area contributed by atoms with E-state index in [1.54, 1.807) is 18.7 Å². The van der Waals surface area contributed by atoms with Crippen LogP contribution in [0.4, 0.5) is 10.5 Å². The molecule has 9 heteroatoms. The van der Waals surface area contributed by atoms with Gasteiger partial charge in [0, 0.05) is 30.7 Å². The highest BCUT2D eigenvalue weighted by molar-refractivity contribution is 6.03. The number of nitrogens with two attached hydrogens (primary N) is 1. The minimum atomic E-state index is -0.681. The van der Waals surface area contributed by atoms with Gasteiger partial charge in [-0.2, -0.15) is 0 Å². The van der Waals surface area contributed by atoms with Gasteiger partial charge in [-0.3, -0.25) is 9.59 Å². The van der Waals surface area contributed by atoms with Crippen LogP contribution in [0.3, 0.4) is 0 Å². The van der Waals surface area contributed by atoms with E-state index in [0.29, 0.717) is 25.9 Å². The molecule has 4 aromatic rings. The second-order valence-electron chi connectivity index (χ2n) is 12.2. The van der Waals surface area contributed by atoms with E-state index in [1.165, 1.54) is 0 Å². The fraction of sp³-hybridized carbons (Fsp3) is 0.306. The van der Waals surface area contributed by atoms with E-state index in [0.717, 1.165) is 44.3 Å². The molecule has 1 heterocycles. The topological polar surface area (TPSA) is 137 Å². The summed E-state index contributed by atoms with van der Waals surface area (Å²) in [6.07, 6.45) is 1.27.